The summed E-state index contributed by atoms with van der Waals surface area (Å²) in [6.45, 7) is 1.26. The molecule has 2 heterocycles. The summed E-state index contributed by atoms with van der Waals surface area (Å²) < 4.78 is 18.6. The van der Waals surface area contributed by atoms with Gasteiger partial charge in [0.1, 0.15) is 6.10 Å². The number of carbonyl (C=O) groups is 1. The third-order valence-corrected chi connectivity index (χ3v) is 4.62. The quantitative estimate of drug-likeness (QED) is 0.706. The summed E-state index contributed by atoms with van der Waals surface area (Å²) in [5.41, 5.74) is 2.58. The number of hydrogen-bond acceptors (Lipinski definition) is 5. The molecule has 0 aliphatic carbocycles. The van der Waals surface area contributed by atoms with E-state index in [1.165, 1.54) is 0 Å². The van der Waals surface area contributed by atoms with Gasteiger partial charge in [0, 0.05) is 12.0 Å². The number of aromatic carboxylic acids is 1. The van der Waals surface area contributed by atoms with Gasteiger partial charge in [0.15, 0.2) is 11.5 Å². The van der Waals surface area contributed by atoms with Crippen LogP contribution in [-0.4, -0.2) is 47.3 Å². The van der Waals surface area contributed by atoms with Crippen LogP contribution in [0.15, 0.2) is 54.7 Å². The molecule has 0 saturated carbocycles. The van der Waals surface area contributed by atoms with Crippen molar-refractivity contribution < 1.29 is 24.1 Å². The van der Waals surface area contributed by atoms with Crippen LogP contribution in [0.3, 0.4) is 0 Å². The Hall–Kier alpha value is -3.32. The Labute approximate surface area is 162 Å². The van der Waals surface area contributed by atoms with E-state index in [2.05, 4.69) is 5.10 Å². The maximum atomic E-state index is 11.3. The Morgan fingerprint density at radius 3 is 2.86 bits per heavy atom. The van der Waals surface area contributed by atoms with Gasteiger partial charge in [0.25, 0.3) is 0 Å². The molecular formula is C21H20N2O5. The normalized spacial score (nSPS) is 16.1. The molecule has 7 nitrogen and oxygen atoms in total. The Bertz CT molecular complexity index is 992. The molecule has 3 aromatic rings. The molecule has 0 spiro atoms. The van der Waals surface area contributed by atoms with Gasteiger partial charge in [0.2, 0.25) is 0 Å². The van der Waals surface area contributed by atoms with Gasteiger partial charge in [-0.05, 0) is 42.5 Å². The lowest BCUT2D eigenvalue weighted by atomic mass is 10.1. The number of ether oxygens (including phenoxy) is 3. The largest absolute Gasteiger partial charge is 0.493 e. The third kappa shape index (κ3) is 3.57. The van der Waals surface area contributed by atoms with Crippen molar-refractivity contribution in [3.05, 3.63) is 60.3 Å². The van der Waals surface area contributed by atoms with E-state index in [-0.39, 0.29) is 11.7 Å². The molecule has 1 unspecified atom stereocenters. The molecule has 28 heavy (non-hydrogen) atoms. The first-order valence-corrected chi connectivity index (χ1v) is 8.96. The van der Waals surface area contributed by atoms with Gasteiger partial charge in [-0.1, -0.05) is 6.07 Å². The number of methoxy groups -OCH3 is 1. The van der Waals surface area contributed by atoms with Crippen LogP contribution in [0.25, 0.3) is 16.9 Å². The molecule has 7 heteroatoms. The van der Waals surface area contributed by atoms with Gasteiger partial charge in [-0.3, -0.25) is 0 Å². The Balaban J connectivity index is 1.71. The fraction of sp³-hybridized carbons (Fsp3) is 0.238. The van der Waals surface area contributed by atoms with Crippen LogP contribution in [0.4, 0.5) is 0 Å². The summed E-state index contributed by atoms with van der Waals surface area (Å²) >= 11 is 0. The topological polar surface area (TPSA) is 82.8 Å². The van der Waals surface area contributed by atoms with Crippen molar-refractivity contribution in [1.29, 1.82) is 0 Å². The van der Waals surface area contributed by atoms with Crippen LogP contribution in [-0.2, 0) is 4.74 Å². The molecule has 0 bridgehead atoms. The maximum absolute atomic E-state index is 11.3. The summed E-state index contributed by atoms with van der Waals surface area (Å²) in [5, 5.41) is 13.6. The monoisotopic (exact) mass is 380 g/mol. The van der Waals surface area contributed by atoms with Gasteiger partial charge < -0.3 is 19.3 Å². The Morgan fingerprint density at radius 2 is 2.11 bits per heavy atom. The molecule has 1 N–H and O–H groups in total. The van der Waals surface area contributed by atoms with Crippen LogP contribution in [0.2, 0.25) is 0 Å². The first-order valence-electron chi connectivity index (χ1n) is 8.96. The van der Waals surface area contributed by atoms with Crippen molar-refractivity contribution in [3.63, 3.8) is 0 Å². The molecule has 1 aliphatic heterocycles. The molecule has 1 aromatic heterocycles. The maximum Gasteiger partial charge on any atom is 0.335 e. The van der Waals surface area contributed by atoms with Crippen LogP contribution in [0, 0.1) is 0 Å². The lowest BCUT2D eigenvalue weighted by Crippen LogP contribution is -2.16. The predicted octanol–water partition coefficient (Wildman–Crippen LogP) is 3.41. The molecule has 1 fully saturated rings. The lowest BCUT2D eigenvalue weighted by Gasteiger charge is -2.16. The van der Waals surface area contributed by atoms with Gasteiger partial charge in [-0.2, -0.15) is 5.10 Å². The number of carboxylic acids is 1. The SMILES string of the molecule is COc1ccc(-c2ccnn2-c2cccc(C(=O)O)c2)cc1OC1CCOC1. The molecule has 1 aliphatic rings. The second-order valence-electron chi connectivity index (χ2n) is 6.45. The molecular weight excluding hydrogens is 360 g/mol. The standard InChI is InChI=1S/C21H20N2O5/c1-26-19-6-5-14(12-20(19)28-17-8-10-27-13-17)18-7-9-22-23(18)16-4-2-3-15(11-16)21(24)25/h2-7,9,11-12,17H,8,10,13H2,1H3,(H,24,25). The molecule has 144 valence electrons. The summed E-state index contributed by atoms with van der Waals surface area (Å²) in [7, 11) is 1.61. The smallest absolute Gasteiger partial charge is 0.335 e. The van der Waals surface area contributed by atoms with Gasteiger partial charge >= 0.3 is 5.97 Å². The average molecular weight is 380 g/mol. The number of nitrogens with zero attached hydrogens (tertiary/aromatic N) is 2. The first kappa shape index (κ1) is 18.1. The molecule has 1 saturated heterocycles. The van der Waals surface area contributed by atoms with Crippen LogP contribution < -0.4 is 9.47 Å². The van der Waals surface area contributed by atoms with Crippen molar-refractivity contribution in [1.82, 2.24) is 9.78 Å². The minimum atomic E-state index is -0.977. The van der Waals surface area contributed by atoms with Crippen molar-refractivity contribution in [2.45, 2.75) is 12.5 Å². The predicted molar refractivity (Wildman–Crippen MR) is 102 cm³/mol. The van der Waals surface area contributed by atoms with E-state index >= 15 is 0 Å². The summed E-state index contributed by atoms with van der Waals surface area (Å²) in [5.74, 6) is 0.312. The third-order valence-electron chi connectivity index (χ3n) is 4.62. The number of carboxylic acid groups (broad SMARTS) is 1. The molecule has 4 rings (SSSR count). The van der Waals surface area contributed by atoms with Crippen molar-refractivity contribution in [2.75, 3.05) is 20.3 Å². The molecule has 1 atom stereocenters. The van der Waals surface area contributed by atoms with E-state index in [0.717, 1.165) is 17.7 Å². The Kier molecular flexibility index (Phi) is 4.99. The minimum absolute atomic E-state index is 0.00121. The molecule has 2 aromatic carbocycles. The number of aromatic nitrogens is 2. The van der Waals surface area contributed by atoms with E-state index in [1.807, 2.05) is 30.3 Å². The Morgan fingerprint density at radius 1 is 1.21 bits per heavy atom. The highest BCUT2D eigenvalue weighted by Gasteiger charge is 2.20. The van der Waals surface area contributed by atoms with E-state index in [0.29, 0.717) is 30.4 Å². The summed E-state index contributed by atoms with van der Waals surface area (Å²) in [6, 6.07) is 14.2. The first-order chi connectivity index (χ1) is 13.7. The van der Waals surface area contributed by atoms with E-state index in [9.17, 15) is 9.90 Å². The van der Waals surface area contributed by atoms with Gasteiger partial charge in [-0.25, -0.2) is 9.48 Å². The highest BCUT2D eigenvalue weighted by molar-refractivity contribution is 5.88. The lowest BCUT2D eigenvalue weighted by molar-refractivity contribution is 0.0697. The van der Waals surface area contributed by atoms with Crippen LogP contribution in [0.5, 0.6) is 11.5 Å². The minimum Gasteiger partial charge on any atom is -0.493 e. The number of rotatable bonds is 6. The zero-order valence-electron chi connectivity index (χ0n) is 15.4. The zero-order chi connectivity index (χ0) is 19.5. The van der Waals surface area contributed by atoms with Crippen molar-refractivity contribution in [2.24, 2.45) is 0 Å². The summed E-state index contributed by atoms with van der Waals surface area (Å²) in [4.78, 5) is 11.3. The second kappa shape index (κ2) is 7.74. The number of hydrogen-bond donors (Lipinski definition) is 1. The highest BCUT2D eigenvalue weighted by atomic mass is 16.6. The van der Waals surface area contributed by atoms with E-state index < -0.39 is 5.97 Å². The van der Waals surface area contributed by atoms with Gasteiger partial charge in [0.05, 0.1) is 43.5 Å². The summed E-state index contributed by atoms with van der Waals surface area (Å²) in [6.07, 6.45) is 2.52. The van der Waals surface area contributed by atoms with Crippen LogP contribution >= 0.6 is 0 Å². The van der Waals surface area contributed by atoms with E-state index in [4.69, 9.17) is 14.2 Å². The van der Waals surface area contributed by atoms with Gasteiger partial charge in [-0.15, -0.1) is 0 Å². The van der Waals surface area contributed by atoms with Crippen LogP contribution in [0.1, 0.15) is 16.8 Å². The zero-order valence-corrected chi connectivity index (χ0v) is 15.4. The highest BCUT2D eigenvalue weighted by Crippen LogP contribution is 2.34. The average Bonchev–Trinajstić information content (AvgIpc) is 3.40. The fourth-order valence-corrected chi connectivity index (χ4v) is 3.21. The molecule has 0 radical (unpaired) electrons. The number of benzene rings is 2. The van der Waals surface area contributed by atoms with Crippen molar-refractivity contribution in [3.8, 4) is 28.4 Å². The fourth-order valence-electron chi connectivity index (χ4n) is 3.21. The molecule has 0 amide bonds. The second-order valence-corrected chi connectivity index (χ2v) is 6.45. The van der Waals surface area contributed by atoms with Crippen molar-refractivity contribution >= 4 is 5.97 Å². The van der Waals surface area contributed by atoms with E-state index in [1.54, 1.807) is 36.2 Å².